The molecule has 0 bridgehead atoms. The fourth-order valence-corrected chi connectivity index (χ4v) is 6.12. The molecule has 7 nitrogen and oxygen atoms in total. The van der Waals surface area contributed by atoms with Crippen LogP contribution in [0.1, 0.15) is 45.5 Å². The fourth-order valence-electron chi connectivity index (χ4n) is 4.65. The number of carbonyl (C=O) groups is 3. The van der Waals surface area contributed by atoms with Gasteiger partial charge in [0.05, 0.1) is 38.4 Å². The van der Waals surface area contributed by atoms with Crippen molar-refractivity contribution in [2.24, 2.45) is 0 Å². The normalized spacial score (nSPS) is 16.8. The van der Waals surface area contributed by atoms with E-state index in [1.165, 1.54) is 0 Å². The van der Waals surface area contributed by atoms with Gasteiger partial charge in [0, 0.05) is 36.6 Å². The third-order valence-electron chi connectivity index (χ3n) is 6.59. The van der Waals surface area contributed by atoms with E-state index in [4.69, 9.17) is 11.6 Å². The summed E-state index contributed by atoms with van der Waals surface area (Å²) in [6.45, 7) is 2.03. The van der Waals surface area contributed by atoms with E-state index in [1.54, 1.807) is 59.5 Å². The highest BCUT2D eigenvalue weighted by atomic mass is 35.5. The highest BCUT2D eigenvalue weighted by Gasteiger charge is 2.31. The zero-order chi connectivity index (χ0) is 25.9. The standard InChI is InChI=1S/C28H26ClN3O4S/c29-21-11-8-19(9-12-21)18-32-23-17-20(27(34)30-14-4-16-31-15-3-7-26(31)33)10-13-25(23)37(36)24-6-2-1-5-22(24)28(32)35/h1-2,5-6,8-13,17H,3-4,7,14-16,18H2,(H,30,34). The summed E-state index contributed by atoms with van der Waals surface area (Å²) in [5.41, 5.74) is 2.02. The van der Waals surface area contributed by atoms with Crippen LogP contribution in [0.5, 0.6) is 0 Å². The van der Waals surface area contributed by atoms with Crippen LogP contribution in [0.4, 0.5) is 5.69 Å². The second-order valence-electron chi connectivity index (χ2n) is 9.06. The van der Waals surface area contributed by atoms with E-state index >= 15 is 0 Å². The van der Waals surface area contributed by atoms with E-state index in [-0.39, 0.29) is 24.3 Å². The second kappa shape index (κ2) is 10.9. The van der Waals surface area contributed by atoms with Gasteiger partial charge in [0.25, 0.3) is 11.8 Å². The summed E-state index contributed by atoms with van der Waals surface area (Å²) in [7, 11) is -1.60. The molecular formula is C28H26ClN3O4S. The average molecular weight is 536 g/mol. The van der Waals surface area contributed by atoms with Gasteiger partial charge in [-0.25, -0.2) is 4.21 Å². The molecule has 37 heavy (non-hydrogen) atoms. The van der Waals surface area contributed by atoms with Crippen LogP contribution >= 0.6 is 11.6 Å². The minimum Gasteiger partial charge on any atom is -0.352 e. The first kappa shape index (κ1) is 25.2. The molecule has 1 N–H and O–H groups in total. The maximum Gasteiger partial charge on any atom is 0.259 e. The molecule has 1 fully saturated rings. The number of hydrogen-bond donors (Lipinski definition) is 1. The van der Waals surface area contributed by atoms with Gasteiger partial charge in [-0.1, -0.05) is 35.9 Å². The molecule has 1 unspecified atom stereocenters. The van der Waals surface area contributed by atoms with Crippen molar-refractivity contribution < 1.29 is 18.6 Å². The molecule has 3 aromatic carbocycles. The van der Waals surface area contributed by atoms with E-state index in [0.29, 0.717) is 57.6 Å². The van der Waals surface area contributed by atoms with Gasteiger partial charge in [0.1, 0.15) is 0 Å². The van der Waals surface area contributed by atoms with Crippen molar-refractivity contribution in [3.05, 3.63) is 88.4 Å². The Morgan fingerprint density at radius 3 is 2.54 bits per heavy atom. The predicted octanol–water partition coefficient (Wildman–Crippen LogP) is 4.41. The monoisotopic (exact) mass is 535 g/mol. The zero-order valence-corrected chi connectivity index (χ0v) is 21.7. The number of carbonyl (C=O) groups excluding carboxylic acids is 3. The Morgan fingerprint density at radius 2 is 1.78 bits per heavy atom. The number of likely N-dealkylation sites (tertiary alicyclic amines) is 1. The van der Waals surface area contributed by atoms with Crippen LogP contribution in [0.25, 0.3) is 0 Å². The molecular weight excluding hydrogens is 510 g/mol. The maximum absolute atomic E-state index is 13.7. The molecule has 0 saturated carbocycles. The number of fused-ring (bicyclic) bond motifs is 2. The Bertz CT molecular complexity index is 1390. The Labute approximate surface area is 222 Å². The van der Waals surface area contributed by atoms with Crippen LogP contribution in [-0.4, -0.2) is 46.5 Å². The number of rotatable bonds is 7. The fraction of sp³-hybridized carbons (Fsp3) is 0.250. The summed E-state index contributed by atoms with van der Waals surface area (Å²) in [4.78, 5) is 42.7. The Balaban J connectivity index is 1.41. The minimum absolute atomic E-state index is 0.163. The lowest BCUT2D eigenvalue weighted by Crippen LogP contribution is -2.32. The Morgan fingerprint density at radius 1 is 1.00 bits per heavy atom. The quantitative estimate of drug-likeness (QED) is 0.454. The molecule has 1 saturated heterocycles. The molecule has 2 aliphatic heterocycles. The molecule has 2 heterocycles. The van der Waals surface area contributed by atoms with Crippen LogP contribution in [0, 0.1) is 0 Å². The van der Waals surface area contributed by atoms with E-state index < -0.39 is 10.8 Å². The highest BCUT2D eigenvalue weighted by molar-refractivity contribution is 7.85. The van der Waals surface area contributed by atoms with Crippen LogP contribution in [0.2, 0.25) is 5.02 Å². The molecule has 1 atom stereocenters. The summed E-state index contributed by atoms with van der Waals surface area (Å²) >= 11 is 6.04. The van der Waals surface area contributed by atoms with Gasteiger partial charge < -0.3 is 15.1 Å². The SMILES string of the molecule is O=C(NCCCN1CCCC1=O)c1ccc2c(c1)N(Cc1ccc(Cl)cc1)C(=O)c1ccccc1S2=O. The lowest BCUT2D eigenvalue weighted by molar-refractivity contribution is -0.127. The molecule has 3 aromatic rings. The van der Waals surface area contributed by atoms with E-state index in [2.05, 4.69) is 5.32 Å². The first-order valence-electron chi connectivity index (χ1n) is 12.2. The average Bonchev–Trinajstić information content (AvgIpc) is 3.30. The van der Waals surface area contributed by atoms with Crippen molar-refractivity contribution in [3.8, 4) is 0 Å². The molecule has 3 amide bonds. The molecule has 5 rings (SSSR count). The third-order valence-corrected chi connectivity index (χ3v) is 8.34. The molecule has 0 spiro atoms. The summed E-state index contributed by atoms with van der Waals surface area (Å²) in [6.07, 6.45) is 2.14. The summed E-state index contributed by atoms with van der Waals surface area (Å²) in [5, 5.41) is 3.49. The minimum atomic E-state index is -1.60. The van der Waals surface area contributed by atoms with Crippen molar-refractivity contribution in [1.29, 1.82) is 0 Å². The number of anilines is 1. The van der Waals surface area contributed by atoms with E-state index in [9.17, 15) is 18.6 Å². The Kier molecular flexibility index (Phi) is 7.39. The van der Waals surface area contributed by atoms with Gasteiger partial charge in [-0.2, -0.15) is 0 Å². The first-order chi connectivity index (χ1) is 17.9. The van der Waals surface area contributed by atoms with E-state index in [0.717, 1.165) is 18.5 Å². The first-order valence-corrected chi connectivity index (χ1v) is 13.7. The zero-order valence-electron chi connectivity index (χ0n) is 20.1. The van der Waals surface area contributed by atoms with E-state index in [1.807, 2.05) is 17.0 Å². The summed E-state index contributed by atoms with van der Waals surface area (Å²) in [6, 6.07) is 19.0. The van der Waals surface area contributed by atoms with Gasteiger partial charge >= 0.3 is 0 Å². The number of halogens is 1. The molecule has 190 valence electrons. The second-order valence-corrected chi connectivity index (χ2v) is 10.9. The number of amides is 3. The maximum atomic E-state index is 13.7. The van der Waals surface area contributed by atoms with Crippen LogP contribution in [0.15, 0.2) is 76.5 Å². The number of nitrogens with one attached hydrogen (secondary N) is 1. The predicted molar refractivity (Wildman–Crippen MR) is 142 cm³/mol. The van der Waals surface area contributed by atoms with Crippen molar-refractivity contribution >= 4 is 45.8 Å². The number of benzene rings is 3. The van der Waals surface area contributed by atoms with Crippen LogP contribution in [-0.2, 0) is 22.1 Å². The molecule has 0 aliphatic carbocycles. The van der Waals surface area contributed by atoms with Gasteiger partial charge in [-0.3, -0.25) is 14.4 Å². The smallest absolute Gasteiger partial charge is 0.259 e. The molecule has 0 aromatic heterocycles. The van der Waals surface area contributed by atoms with Gasteiger partial charge in [-0.05, 0) is 60.9 Å². The molecule has 9 heteroatoms. The van der Waals surface area contributed by atoms with Gasteiger partial charge in [0.2, 0.25) is 5.91 Å². The molecule has 2 aliphatic rings. The van der Waals surface area contributed by atoms with Crippen molar-refractivity contribution in [2.75, 3.05) is 24.5 Å². The number of hydrogen-bond acceptors (Lipinski definition) is 4. The largest absolute Gasteiger partial charge is 0.352 e. The van der Waals surface area contributed by atoms with Crippen molar-refractivity contribution in [3.63, 3.8) is 0 Å². The summed E-state index contributed by atoms with van der Waals surface area (Å²) < 4.78 is 13.5. The van der Waals surface area contributed by atoms with Crippen LogP contribution in [0.3, 0.4) is 0 Å². The number of nitrogens with zero attached hydrogens (tertiary/aromatic N) is 2. The van der Waals surface area contributed by atoms with Gasteiger partial charge in [-0.15, -0.1) is 0 Å². The van der Waals surface area contributed by atoms with Crippen molar-refractivity contribution in [2.45, 2.75) is 35.6 Å². The lowest BCUT2D eigenvalue weighted by Gasteiger charge is -2.23. The summed E-state index contributed by atoms with van der Waals surface area (Å²) in [5.74, 6) is -0.413. The Hall–Kier alpha value is -3.49. The van der Waals surface area contributed by atoms with Gasteiger partial charge in [0.15, 0.2) is 0 Å². The highest BCUT2D eigenvalue weighted by Crippen LogP contribution is 2.36. The topological polar surface area (TPSA) is 86.8 Å². The third kappa shape index (κ3) is 5.31. The van der Waals surface area contributed by atoms with Crippen LogP contribution < -0.4 is 10.2 Å². The van der Waals surface area contributed by atoms with Crippen molar-refractivity contribution in [1.82, 2.24) is 10.2 Å². The molecule has 0 radical (unpaired) electrons. The lowest BCUT2D eigenvalue weighted by atomic mass is 10.1.